The van der Waals surface area contributed by atoms with Crippen LogP contribution in [0, 0.1) is 6.92 Å². The molecular weight excluding hydrogens is 320 g/mol. The van der Waals surface area contributed by atoms with Gasteiger partial charge in [-0.2, -0.15) is 0 Å². The van der Waals surface area contributed by atoms with Crippen molar-refractivity contribution in [3.8, 4) is 11.3 Å². The Labute approximate surface area is 124 Å². The van der Waals surface area contributed by atoms with E-state index in [1.165, 1.54) is 0 Å². The molecule has 0 saturated carbocycles. The lowest BCUT2D eigenvalue weighted by Gasteiger charge is -1.99. The van der Waals surface area contributed by atoms with E-state index >= 15 is 0 Å². The second-order valence-electron chi connectivity index (χ2n) is 4.68. The average Bonchev–Trinajstić information content (AvgIpc) is 2.92. The Balaban J connectivity index is 2.12. The Hall–Kier alpha value is -1.66. The zero-order chi connectivity index (χ0) is 14.3. The average molecular weight is 335 g/mol. The molecule has 6 heteroatoms. The van der Waals surface area contributed by atoms with E-state index in [-0.39, 0.29) is 0 Å². The van der Waals surface area contributed by atoms with Gasteiger partial charge in [0.15, 0.2) is 11.5 Å². The highest BCUT2D eigenvalue weighted by Gasteiger charge is 2.15. The number of hydrogen-bond donors (Lipinski definition) is 1. The van der Waals surface area contributed by atoms with Crippen molar-refractivity contribution < 1.29 is 4.42 Å². The molecule has 2 aromatic heterocycles. The first-order valence-corrected chi connectivity index (χ1v) is 7.18. The molecule has 0 aliphatic carbocycles. The molecule has 0 unspecified atom stereocenters. The van der Waals surface area contributed by atoms with Crippen molar-refractivity contribution in [3.05, 3.63) is 34.5 Å². The van der Waals surface area contributed by atoms with Gasteiger partial charge >= 0.3 is 0 Å². The summed E-state index contributed by atoms with van der Waals surface area (Å²) in [5.74, 6) is 1.63. The van der Waals surface area contributed by atoms with E-state index in [1.807, 2.05) is 36.7 Å². The number of nitrogens with zero attached hydrogens (tertiary/aromatic N) is 3. The molecule has 0 aliphatic heterocycles. The highest BCUT2D eigenvalue weighted by molar-refractivity contribution is 9.10. The molecule has 0 fully saturated rings. The van der Waals surface area contributed by atoms with Gasteiger partial charge in [-0.15, -0.1) is 0 Å². The summed E-state index contributed by atoms with van der Waals surface area (Å²) in [6, 6.07) is 5.91. The van der Waals surface area contributed by atoms with Crippen LogP contribution in [-0.2, 0) is 13.5 Å². The Morgan fingerprint density at radius 2 is 2.15 bits per heavy atom. The number of aromatic nitrogens is 3. The fourth-order valence-corrected chi connectivity index (χ4v) is 2.77. The molecule has 0 aliphatic rings. The van der Waals surface area contributed by atoms with E-state index in [9.17, 15) is 0 Å². The van der Waals surface area contributed by atoms with Crippen LogP contribution >= 0.6 is 15.9 Å². The van der Waals surface area contributed by atoms with E-state index in [2.05, 4.69) is 25.9 Å². The van der Waals surface area contributed by atoms with E-state index < -0.39 is 0 Å². The normalized spacial score (nSPS) is 11.4. The summed E-state index contributed by atoms with van der Waals surface area (Å²) in [6.45, 7) is 2.42. The second kappa shape index (κ2) is 5.03. The smallest absolute Gasteiger partial charge is 0.192 e. The summed E-state index contributed by atoms with van der Waals surface area (Å²) < 4.78 is 8.45. The maximum absolute atomic E-state index is 5.61. The lowest BCUT2D eigenvalue weighted by Crippen LogP contribution is -2.07. The first-order valence-electron chi connectivity index (χ1n) is 6.39. The van der Waals surface area contributed by atoms with Crippen LogP contribution in [0.3, 0.4) is 0 Å². The van der Waals surface area contributed by atoms with Gasteiger partial charge in [-0.3, -0.25) is 0 Å². The predicted molar refractivity (Wildman–Crippen MR) is 81.4 cm³/mol. The Bertz CT molecular complexity index is 775. The maximum Gasteiger partial charge on any atom is 0.192 e. The van der Waals surface area contributed by atoms with Crippen LogP contribution in [0.4, 0.5) is 0 Å². The molecule has 3 rings (SSSR count). The third-order valence-electron chi connectivity index (χ3n) is 3.25. The third-order valence-corrected chi connectivity index (χ3v) is 4.16. The number of benzene rings is 1. The molecule has 2 N–H and O–H groups in total. The second-order valence-corrected chi connectivity index (χ2v) is 5.43. The lowest BCUT2D eigenvalue weighted by molar-refractivity contribution is 0.561. The van der Waals surface area contributed by atoms with E-state index in [0.29, 0.717) is 12.4 Å². The molecule has 0 radical (unpaired) electrons. The number of oxazole rings is 1. The van der Waals surface area contributed by atoms with Crippen LogP contribution in [-0.4, -0.2) is 21.1 Å². The standard InChI is InChI=1S/C14H15BrN4O/c1-8-17-10-7-9(3-4-11(10)20-8)13-14(15)19(2)12(18-13)5-6-16/h3-4,7H,5-6,16H2,1-2H3. The molecule has 0 atom stereocenters. The quantitative estimate of drug-likeness (QED) is 0.799. The monoisotopic (exact) mass is 334 g/mol. The van der Waals surface area contributed by atoms with Crippen LogP contribution in [0.1, 0.15) is 11.7 Å². The van der Waals surface area contributed by atoms with Gasteiger partial charge in [0.1, 0.15) is 21.6 Å². The number of hydrogen-bond acceptors (Lipinski definition) is 4. The topological polar surface area (TPSA) is 69.9 Å². The number of halogens is 1. The molecule has 0 amide bonds. The van der Waals surface area contributed by atoms with Crippen LogP contribution < -0.4 is 5.73 Å². The summed E-state index contributed by atoms with van der Waals surface area (Å²) in [7, 11) is 1.98. The molecule has 2 heterocycles. The SMILES string of the molecule is Cc1nc2cc(-c3nc(CCN)n(C)c3Br)ccc2o1. The first-order chi connectivity index (χ1) is 9.60. The minimum absolute atomic E-state index is 0.582. The van der Waals surface area contributed by atoms with E-state index in [0.717, 1.165) is 39.2 Å². The molecule has 0 spiro atoms. The summed E-state index contributed by atoms with van der Waals surface area (Å²) in [5, 5.41) is 0. The Morgan fingerprint density at radius 3 is 2.90 bits per heavy atom. The molecule has 20 heavy (non-hydrogen) atoms. The van der Waals surface area contributed by atoms with Gasteiger partial charge in [-0.25, -0.2) is 9.97 Å². The maximum atomic E-state index is 5.61. The van der Waals surface area contributed by atoms with E-state index in [1.54, 1.807) is 0 Å². The van der Waals surface area contributed by atoms with Gasteiger partial charge in [-0.1, -0.05) is 0 Å². The highest BCUT2D eigenvalue weighted by Crippen LogP contribution is 2.30. The van der Waals surface area contributed by atoms with Crippen molar-refractivity contribution in [2.45, 2.75) is 13.3 Å². The lowest BCUT2D eigenvalue weighted by atomic mass is 10.1. The molecule has 1 aromatic carbocycles. The van der Waals surface area contributed by atoms with Gasteiger partial charge in [0.25, 0.3) is 0 Å². The fourth-order valence-electron chi connectivity index (χ4n) is 2.25. The van der Waals surface area contributed by atoms with Crippen LogP contribution in [0.15, 0.2) is 27.2 Å². The largest absolute Gasteiger partial charge is 0.441 e. The highest BCUT2D eigenvalue weighted by atomic mass is 79.9. The van der Waals surface area contributed by atoms with Crippen molar-refractivity contribution in [1.82, 2.24) is 14.5 Å². The predicted octanol–water partition coefficient (Wildman–Crippen LogP) is 2.80. The van der Waals surface area contributed by atoms with Crippen molar-refractivity contribution in [1.29, 1.82) is 0 Å². The molecule has 0 bridgehead atoms. The van der Waals surface area contributed by atoms with Gasteiger partial charge in [0, 0.05) is 26.0 Å². The molecule has 104 valence electrons. The zero-order valence-corrected chi connectivity index (χ0v) is 12.9. The molecule has 0 saturated heterocycles. The fraction of sp³-hybridized carbons (Fsp3) is 0.286. The number of fused-ring (bicyclic) bond motifs is 1. The molecule has 5 nitrogen and oxygen atoms in total. The minimum atomic E-state index is 0.582. The minimum Gasteiger partial charge on any atom is -0.441 e. The van der Waals surface area contributed by atoms with E-state index in [4.69, 9.17) is 10.2 Å². The van der Waals surface area contributed by atoms with Gasteiger partial charge in [-0.05, 0) is 40.7 Å². The number of aryl methyl sites for hydroxylation is 1. The summed E-state index contributed by atoms with van der Waals surface area (Å²) in [6.07, 6.45) is 0.750. The van der Waals surface area contributed by atoms with Crippen molar-refractivity contribution in [2.24, 2.45) is 12.8 Å². The first kappa shape index (κ1) is 13.3. The Morgan fingerprint density at radius 1 is 1.35 bits per heavy atom. The van der Waals surface area contributed by atoms with Crippen LogP contribution in [0.25, 0.3) is 22.4 Å². The molecular formula is C14H15BrN4O. The number of rotatable bonds is 3. The van der Waals surface area contributed by atoms with Gasteiger partial charge < -0.3 is 14.7 Å². The zero-order valence-electron chi connectivity index (χ0n) is 11.4. The van der Waals surface area contributed by atoms with Gasteiger partial charge in [0.05, 0.1) is 0 Å². The van der Waals surface area contributed by atoms with Crippen LogP contribution in [0.5, 0.6) is 0 Å². The van der Waals surface area contributed by atoms with Gasteiger partial charge in [0.2, 0.25) is 0 Å². The molecule has 3 aromatic rings. The Kier molecular flexibility index (Phi) is 3.35. The van der Waals surface area contributed by atoms with Crippen molar-refractivity contribution in [2.75, 3.05) is 6.54 Å². The van der Waals surface area contributed by atoms with Crippen LogP contribution in [0.2, 0.25) is 0 Å². The third kappa shape index (κ3) is 2.14. The summed E-state index contributed by atoms with van der Waals surface area (Å²) in [5.41, 5.74) is 9.16. The number of nitrogens with two attached hydrogens (primary N) is 1. The number of imidazole rings is 1. The van der Waals surface area contributed by atoms with Crippen molar-refractivity contribution >= 4 is 27.0 Å². The van der Waals surface area contributed by atoms with Crippen molar-refractivity contribution in [3.63, 3.8) is 0 Å². The summed E-state index contributed by atoms with van der Waals surface area (Å²) >= 11 is 3.59. The summed E-state index contributed by atoms with van der Waals surface area (Å²) in [4.78, 5) is 9.02.